The van der Waals surface area contributed by atoms with Crippen molar-refractivity contribution in [3.8, 4) is 17.1 Å². The number of hydrogen-bond donors (Lipinski definition) is 1. The molecule has 2 aromatic heterocycles. The Labute approximate surface area is 183 Å². The topological polar surface area (TPSA) is 81.7 Å². The van der Waals surface area contributed by atoms with Gasteiger partial charge >= 0.3 is 0 Å². The highest BCUT2D eigenvalue weighted by Gasteiger charge is 2.17. The van der Waals surface area contributed by atoms with E-state index in [2.05, 4.69) is 5.32 Å². The number of anilines is 1. The van der Waals surface area contributed by atoms with E-state index in [-0.39, 0.29) is 17.1 Å². The van der Waals surface area contributed by atoms with E-state index in [1.807, 2.05) is 31.2 Å². The number of benzene rings is 3. The van der Waals surface area contributed by atoms with Crippen LogP contribution in [-0.2, 0) is 0 Å². The summed E-state index contributed by atoms with van der Waals surface area (Å²) in [6, 6.07) is 21.2. The minimum atomic E-state index is -0.322. The van der Waals surface area contributed by atoms with Crippen molar-refractivity contribution in [3.63, 3.8) is 0 Å². The molecule has 5 rings (SSSR count). The summed E-state index contributed by atoms with van der Waals surface area (Å²) in [4.78, 5) is 25.3. The zero-order chi connectivity index (χ0) is 22.2. The molecule has 0 atom stereocenters. The third-order valence-corrected chi connectivity index (χ3v) is 5.41. The summed E-state index contributed by atoms with van der Waals surface area (Å²) in [5.74, 6) is 1.000. The Morgan fingerprint density at radius 3 is 2.38 bits per heavy atom. The quantitative estimate of drug-likeness (QED) is 0.395. The zero-order valence-corrected chi connectivity index (χ0v) is 17.5. The maximum atomic E-state index is 12.7. The molecule has 0 bridgehead atoms. The Hall–Kier alpha value is -4.32. The number of ether oxygens (including phenoxy) is 1. The minimum Gasteiger partial charge on any atom is -0.497 e. The van der Waals surface area contributed by atoms with Gasteiger partial charge in [0.05, 0.1) is 12.5 Å². The van der Waals surface area contributed by atoms with Crippen molar-refractivity contribution in [1.82, 2.24) is 0 Å². The molecule has 0 spiro atoms. The van der Waals surface area contributed by atoms with Crippen LogP contribution in [0.4, 0.5) is 5.69 Å². The van der Waals surface area contributed by atoms with Gasteiger partial charge in [0.2, 0.25) is 0 Å². The molecule has 32 heavy (non-hydrogen) atoms. The van der Waals surface area contributed by atoms with E-state index in [4.69, 9.17) is 13.6 Å². The fourth-order valence-electron chi connectivity index (χ4n) is 3.70. The second kappa shape index (κ2) is 7.74. The van der Waals surface area contributed by atoms with E-state index in [9.17, 15) is 9.59 Å². The van der Waals surface area contributed by atoms with Gasteiger partial charge in [0.25, 0.3) is 5.91 Å². The van der Waals surface area contributed by atoms with Crippen molar-refractivity contribution in [1.29, 1.82) is 0 Å². The van der Waals surface area contributed by atoms with Crippen molar-refractivity contribution in [2.45, 2.75) is 6.92 Å². The van der Waals surface area contributed by atoms with Crippen LogP contribution in [0.5, 0.6) is 5.75 Å². The molecule has 6 heteroatoms. The van der Waals surface area contributed by atoms with Crippen molar-refractivity contribution in [2.75, 3.05) is 12.4 Å². The lowest BCUT2D eigenvalue weighted by molar-refractivity contribution is 0.0998. The lowest BCUT2D eigenvalue weighted by atomic mass is 10.1. The van der Waals surface area contributed by atoms with Gasteiger partial charge in [-0.1, -0.05) is 18.2 Å². The van der Waals surface area contributed by atoms with Crippen LogP contribution in [-0.4, -0.2) is 13.0 Å². The van der Waals surface area contributed by atoms with E-state index in [0.717, 1.165) is 16.5 Å². The van der Waals surface area contributed by atoms with E-state index >= 15 is 0 Å². The van der Waals surface area contributed by atoms with E-state index in [0.29, 0.717) is 33.7 Å². The molecule has 0 radical (unpaired) electrons. The number of fused-ring (bicyclic) bond motifs is 2. The first-order chi connectivity index (χ1) is 15.5. The van der Waals surface area contributed by atoms with Gasteiger partial charge in [0, 0.05) is 28.3 Å². The molecule has 5 aromatic rings. The van der Waals surface area contributed by atoms with Gasteiger partial charge in [-0.25, -0.2) is 0 Å². The number of aryl methyl sites for hydroxylation is 1. The van der Waals surface area contributed by atoms with Crippen LogP contribution >= 0.6 is 0 Å². The van der Waals surface area contributed by atoms with Crippen LogP contribution in [0.2, 0.25) is 0 Å². The van der Waals surface area contributed by atoms with Crippen molar-refractivity contribution in [2.24, 2.45) is 0 Å². The Balaban J connectivity index is 1.41. The maximum absolute atomic E-state index is 12.7. The number of rotatable bonds is 4. The first-order valence-corrected chi connectivity index (χ1v) is 10.1. The number of furan rings is 1. The van der Waals surface area contributed by atoms with Gasteiger partial charge in [0.1, 0.15) is 22.7 Å². The molecule has 0 aliphatic rings. The molecule has 0 unspecified atom stereocenters. The van der Waals surface area contributed by atoms with Crippen LogP contribution in [0.15, 0.2) is 86.4 Å². The van der Waals surface area contributed by atoms with E-state index in [1.54, 1.807) is 49.6 Å². The molecule has 0 aliphatic heterocycles. The average molecular weight is 425 g/mol. The summed E-state index contributed by atoms with van der Waals surface area (Å²) >= 11 is 0. The Bertz CT molecular complexity index is 1530. The standard InChI is InChI=1S/C26H19NO5/c1-15-19-5-3-4-6-22(19)32-25(15)26(29)27-17-9-7-16(8-10-17)24-14-21(28)20-13-18(30-2)11-12-23(20)31-24/h3-14H,1-2H3,(H,27,29). The van der Waals surface area contributed by atoms with Crippen LogP contribution in [0.25, 0.3) is 33.3 Å². The molecule has 3 aromatic carbocycles. The first-order valence-electron chi connectivity index (χ1n) is 10.1. The molecule has 6 nitrogen and oxygen atoms in total. The number of hydrogen-bond acceptors (Lipinski definition) is 5. The molecule has 0 saturated carbocycles. The number of carbonyl (C=O) groups is 1. The minimum absolute atomic E-state index is 0.155. The Morgan fingerprint density at radius 2 is 1.62 bits per heavy atom. The normalized spacial score (nSPS) is 11.1. The first kappa shape index (κ1) is 19.6. The third kappa shape index (κ3) is 3.41. The Kier molecular flexibility index (Phi) is 4.75. The second-order valence-corrected chi connectivity index (χ2v) is 7.42. The summed E-state index contributed by atoms with van der Waals surface area (Å²) in [6.45, 7) is 1.86. The molecule has 1 amide bonds. The number of nitrogens with one attached hydrogen (secondary N) is 1. The predicted molar refractivity (Wildman–Crippen MR) is 123 cm³/mol. The SMILES string of the molecule is COc1ccc2oc(-c3ccc(NC(=O)c4oc5ccccc5c4C)cc3)cc(=O)c2c1. The van der Waals surface area contributed by atoms with Crippen LogP contribution in [0, 0.1) is 6.92 Å². The predicted octanol–water partition coefficient (Wildman–Crippen LogP) is 5.78. The van der Waals surface area contributed by atoms with Gasteiger partial charge in [-0.05, 0) is 55.5 Å². The summed E-state index contributed by atoms with van der Waals surface area (Å²) in [5.41, 5.74) is 3.12. The van der Waals surface area contributed by atoms with Crippen LogP contribution < -0.4 is 15.5 Å². The number of para-hydroxylation sites is 1. The average Bonchev–Trinajstić information content (AvgIpc) is 3.16. The summed E-state index contributed by atoms with van der Waals surface area (Å²) in [5, 5.41) is 4.22. The molecule has 2 heterocycles. The zero-order valence-electron chi connectivity index (χ0n) is 17.5. The highest BCUT2D eigenvalue weighted by Crippen LogP contribution is 2.27. The van der Waals surface area contributed by atoms with Crippen LogP contribution in [0.1, 0.15) is 16.1 Å². The summed E-state index contributed by atoms with van der Waals surface area (Å²) in [7, 11) is 1.55. The monoisotopic (exact) mass is 425 g/mol. The molecule has 0 fully saturated rings. The lowest BCUT2D eigenvalue weighted by Gasteiger charge is -2.07. The Morgan fingerprint density at radius 1 is 0.875 bits per heavy atom. The number of methoxy groups -OCH3 is 1. The van der Waals surface area contributed by atoms with Crippen molar-refractivity contribution >= 4 is 33.5 Å². The number of amides is 1. The molecule has 0 aliphatic carbocycles. The highest BCUT2D eigenvalue weighted by molar-refractivity contribution is 6.06. The van der Waals surface area contributed by atoms with Gasteiger partial charge in [-0.15, -0.1) is 0 Å². The largest absolute Gasteiger partial charge is 0.497 e. The van der Waals surface area contributed by atoms with Crippen molar-refractivity contribution in [3.05, 3.63) is 94.3 Å². The number of carbonyl (C=O) groups excluding carboxylic acids is 1. The molecule has 158 valence electrons. The highest BCUT2D eigenvalue weighted by atomic mass is 16.5. The molecule has 0 saturated heterocycles. The second-order valence-electron chi connectivity index (χ2n) is 7.42. The van der Waals surface area contributed by atoms with Gasteiger partial charge in [-0.2, -0.15) is 0 Å². The lowest BCUT2D eigenvalue weighted by Crippen LogP contribution is -2.12. The summed E-state index contributed by atoms with van der Waals surface area (Å²) in [6.07, 6.45) is 0. The molecule has 1 N–H and O–H groups in total. The molecular formula is C26H19NO5. The third-order valence-electron chi connectivity index (χ3n) is 5.41. The van der Waals surface area contributed by atoms with Gasteiger partial charge in [-0.3, -0.25) is 9.59 Å². The van der Waals surface area contributed by atoms with Gasteiger partial charge in [0.15, 0.2) is 11.2 Å². The van der Waals surface area contributed by atoms with E-state index < -0.39 is 0 Å². The van der Waals surface area contributed by atoms with Gasteiger partial charge < -0.3 is 18.9 Å². The van der Waals surface area contributed by atoms with Crippen molar-refractivity contribution < 1.29 is 18.4 Å². The maximum Gasteiger partial charge on any atom is 0.291 e. The fourth-order valence-corrected chi connectivity index (χ4v) is 3.70. The van der Waals surface area contributed by atoms with E-state index in [1.165, 1.54) is 6.07 Å². The molecular weight excluding hydrogens is 406 g/mol. The summed E-state index contributed by atoms with van der Waals surface area (Å²) < 4.78 is 16.8. The van der Waals surface area contributed by atoms with Crippen LogP contribution in [0.3, 0.4) is 0 Å². The fraction of sp³-hybridized carbons (Fsp3) is 0.0769. The smallest absolute Gasteiger partial charge is 0.291 e.